The van der Waals surface area contributed by atoms with E-state index in [1.54, 1.807) is 7.05 Å². The summed E-state index contributed by atoms with van der Waals surface area (Å²) in [6, 6.07) is 16.4. The summed E-state index contributed by atoms with van der Waals surface area (Å²) in [5.41, 5.74) is 3.71. The number of rotatable bonds is 6. The van der Waals surface area contributed by atoms with Crippen molar-refractivity contribution in [1.82, 2.24) is 15.5 Å². The van der Waals surface area contributed by atoms with Crippen LogP contribution in [0.5, 0.6) is 0 Å². The van der Waals surface area contributed by atoms with Gasteiger partial charge in [-0.15, -0.1) is 0 Å². The van der Waals surface area contributed by atoms with Crippen molar-refractivity contribution in [3.8, 4) is 0 Å². The van der Waals surface area contributed by atoms with E-state index in [0.29, 0.717) is 6.54 Å². The second-order valence-electron chi connectivity index (χ2n) is 5.96. The van der Waals surface area contributed by atoms with Crippen molar-refractivity contribution in [2.75, 3.05) is 21.1 Å². The van der Waals surface area contributed by atoms with Crippen LogP contribution in [0.3, 0.4) is 0 Å². The molecule has 0 aromatic heterocycles. The maximum absolute atomic E-state index is 5.90. The summed E-state index contributed by atoms with van der Waals surface area (Å²) >= 11 is 5.90. The van der Waals surface area contributed by atoms with Gasteiger partial charge in [-0.2, -0.15) is 0 Å². The van der Waals surface area contributed by atoms with Gasteiger partial charge in [-0.25, -0.2) is 0 Å². The third-order valence-corrected chi connectivity index (χ3v) is 3.80. The highest BCUT2D eigenvalue weighted by molar-refractivity contribution is 6.30. The van der Waals surface area contributed by atoms with Crippen LogP contribution in [-0.2, 0) is 19.6 Å². The van der Waals surface area contributed by atoms with Gasteiger partial charge in [0.2, 0.25) is 0 Å². The lowest BCUT2D eigenvalue weighted by Gasteiger charge is -2.14. The summed E-state index contributed by atoms with van der Waals surface area (Å²) in [5.74, 6) is 0.781. The molecule has 0 bridgehead atoms. The van der Waals surface area contributed by atoms with E-state index in [2.05, 4.69) is 58.9 Å². The molecule has 128 valence electrons. The van der Waals surface area contributed by atoms with Gasteiger partial charge in [0, 0.05) is 31.7 Å². The normalized spacial score (nSPS) is 11.6. The standard InChI is InChI=1S/C19H25ClN4/c1-21-19(22-12-15-7-9-18(20)10-8-15)23-13-16-5-4-6-17(11-16)14-24(2)3/h4-11H,12-14H2,1-3H3,(H2,21,22,23). The molecule has 4 nitrogen and oxygen atoms in total. The maximum atomic E-state index is 5.90. The quantitative estimate of drug-likeness (QED) is 0.624. The Balaban J connectivity index is 1.86. The summed E-state index contributed by atoms with van der Waals surface area (Å²) in [6.07, 6.45) is 0. The van der Waals surface area contributed by atoms with E-state index in [1.807, 2.05) is 24.3 Å². The predicted octanol–water partition coefficient (Wildman–Crippen LogP) is 3.27. The average Bonchev–Trinajstić information content (AvgIpc) is 2.56. The number of hydrogen-bond acceptors (Lipinski definition) is 2. The van der Waals surface area contributed by atoms with Gasteiger partial charge in [-0.1, -0.05) is 48.0 Å². The number of hydrogen-bond donors (Lipinski definition) is 2. The molecule has 0 aliphatic carbocycles. The molecule has 2 aromatic rings. The molecule has 0 atom stereocenters. The van der Waals surface area contributed by atoms with Crippen LogP contribution in [0.4, 0.5) is 0 Å². The smallest absolute Gasteiger partial charge is 0.191 e. The lowest BCUT2D eigenvalue weighted by molar-refractivity contribution is 0.402. The van der Waals surface area contributed by atoms with Crippen LogP contribution < -0.4 is 10.6 Å². The molecular weight excluding hydrogens is 320 g/mol. The van der Waals surface area contributed by atoms with Gasteiger partial charge in [0.05, 0.1) is 0 Å². The highest BCUT2D eigenvalue weighted by Gasteiger charge is 2.01. The van der Waals surface area contributed by atoms with Gasteiger partial charge >= 0.3 is 0 Å². The summed E-state index contributed by atoms with van der Waals surface area (Å²) in [5, 5.41) is 7.41. The third-order valence-electron chi connectivity index (χ3n) is 3.55. The van der Waals surface area contributed by atoms with Gasteiger partial charge in [0.25, 0.3) is 0 Å². The number of guanidine groups is 1. The van der Waals surface area contributed by atoms with Crippen LogP contribution in [0.2, 0.25) is 5.02 Å². The lowest BCUT2D eigenvalue weighted by Crippen LogP contribution is -2.36. The summed E-state index contributed by atoms with van der Waals surface area (Å²) in [7, 11) is 5.93. The van der Waals surface area contributed by atoms with Crippen LogP contribution in [0.25, 0.3) is 0 Å². The molecule has 5 heteroatoms. The minimum atomic E-state index is 0.706. The largest absolute Gasteiger partial charge is 0.352 e. The van der Waals surface area contributed by atoms with Crippen molar-refractivity contribution >= 4 is 17.6 Å². The molecule has 0 heterocycles. The Morgan fingerprint density at radius 2 is 1.58 bits per heavy atom. The van der Waals surface area contributed by atoms with Crippen LogP contribution in [0, 0.1) is 0 Å². The van der Waals surface area contributed by atoms with E-state index in [4.69, 9.17) is 11.6 Å². The Labute approximate surface area is 149 Å². The molecule has 2 aromatic carbocycles. The van der Waals surface area contributed by atoms with Gasteiger partial charge < -0.3 is 15.5 Å². The first-order valence-corrected chi connectivity index (χ1v) is 8.36. The molecule has 24 heavy (non-hydrogen) atoms. The minimum absolute atomic E-state index is 0.706. The number of nitrogens with one attached hydrogen (secondary N) is 2. The topological polar surface area (TPSA) is 39.7 Å². The molecule has 2 N–H and O–H groups in total. The number of aliphatic imine (C=N–C) groups is 1. The average molecular weight is 345 g/mol. The maximum Gasteiger partial charge on any atom is 0.191 e. The first-order valence-electron chi connectivity index (χ1n) is 7.98. The van der Waals surface area contributed by atoms with E-state index in [1.165, 1.54) is 11.1 Å². The van der Waals surface area contributed by atoms with Crippen LogP contribution in [0.15, 0.2) is 53.5 Å². The predicted molar refractivity (Wildman–Crippen MR) is 102 cm³/mol. The van der Waals surface area contributed by atoms with Gasteiger partial charge in [0.1, 0.15) is 0 Å². The van der Waals surface area contributed by atoms with Crippen molar-refractivity contribution in [2.24, 2.45) is 4.99 Å². The molecule has 0 fully saturated rings. The molecule has 2 rings (SSSR count). The molecule has 0 spiro atoms. The Bertz CT molecular complexity index is 665. The molecule has 0 saturated heterocycles. The van der Waals surface area contributed by atoms with E-state index in [-0.39, 0.29) is 0 Å². The van der Waals surface area contributed by atoms with Gasteiger partial charge in [-0.3, -0.25) is 4.99 Å². The molecule has 0 unspecified atom stereocenters. The first kappa shape index (κ1) is 18.3. The molecule has 0 amide bonds. The fraction of sp³-hybridized carbons (Fsp3) is 0.316. The van der Waals surface area contributed by atoms with Crippen molar-refractivity contribution in [3.63, 3.8) is 0 Å². The molecule has 0 radical (unpaired) electrons. The van der Waals surface area contributed by atoms with Crippen molar-refractivity contribution in [3.05, 3.63) is 70.2 Å². The van der Waals surface area contributed by atoms with Crippen molar-refractivity contribution in [1.29, 1.82) is 0 Å². The monoisotopic (exact) mass is 344 g/mol. The van der Waals surface area contributed by atoms with E-state index < -0.39 is 0 Å². The zero-order chi connectivity index (χ0) is 17.4. The Kier molecular flexibility index (Phi) is 7.09. The highest BCUT2D eigenvalue weighted by atomic mass is 35.5. The summed E-state index contributed by atoms with van der Waals surface area (Å²) < 4.78 is 0. The summed E-state index contributed by atoms with van der Waals surface area (Å²) in [6.45, 7) is 2.39. The fourth-order valence-electron chi connectivity index (χ4n) is 2.40. The molecule has 0 aliphatic heterocycles. The SMILES string of the molecule is CN=C(NCc1ccc(Cl)cc1)NCc1cccc(CN(C)C)c1. The van der Waals surface area contributed by atoms with Crippen molar-refractivity contribution < 1.29 is 0 Å². The van der Waals surface area contributed by atoms with Gasteiger partial charge in [-0.05, 0) is 42.9 Å². The third kappa shape index (κ3) is 6.22. The second kappa shape index (κ2) is 9.30. The fourth-order valence-corrected chi connectivity index (χ4v) is 2.52. The minimum Gasteiger partial charge on any atom is -0.352 e. The molecular formula is C19H25ClN4. The van der Waals surface area contributed by atoms with Crippen LogP contribution in [-0.4, -0.2) is 32.0 Å². The first-order chi connectivity index (χ1) is 11.6. The van der Waals surface area contributed by atoms with E-state index in [0.717, 1.165) is 29.6 Å². The number of nitrogens with zero attached hydrogens (tertiary/aromatic N) is 2. The Morgan fingerprint density at radius 1 is 0.958 bits per heavy atom. The Hall–Kier alpha value is -2.04. The van der Waals surface area contributed by atoms with Gasteiger partial charge in [0.15, 0.2) is 5.96 Å². The molecule has 0 saturated carbocycles. The van der Waals surface area contributed by atoms with Crippen LogP contribution in [0.1, 0.15) is 16.7 Å². The number of benzene rings is 2. The zero-order valence-electron chi connectivity index (χ0n) is 14.5. The number of halogens is 1. The van der Waals surface area contributed by atoms with E-state index in [9.17, 15) is 0 Å². The summed E-state index contributed by atoms with van der Waals surface area (Å²) in [4.78, 5) is 6.43. The zero-order valence-corrected chi connectivity index (χ0v) is 15.3. The van der Waals surface area contributed by atoms with Crippen molar-refractivity contribution in [2.45, 2.75) is 19.6 Å². The highest BCUT2D eigenvalue weighted by Crippen LogP contribution is 2.09. The lowest BCUT2D eigenvalue weighted by atomic mass is 10.1. The van der Waals surface area contributed by atoms with E-state index >= 15 is 0 Å². The molecule has 0 aliphatic rings. The second-order valence-corrected chi connectivity index (χ2v) is 6.40. The van der Waals surface area contributed by atoms with Crippen LogP contribution >= 0.6 is 11.6 Å². The Morgan fingerprint density at radius 3 is 2.21 bits per heavy atom.